The lowest BCUT2D eigenvalue weighted by Gasteiger charge is -2.17. The SMILES string of the molecule is CCNC(C)c1ccccc1NC(=O)c1cccc(O)c1. The van der Waals surface area contributed by atoms with Gasteiger partial charge in [-0.25, -0.2) is 0 Å². The van der Waals surface area contributed by atoms with E-state index in [9.17, 15) is 9.90 Å². The lowest BCUT2D eigenvalue weighted by molar-refractivity contribution is 0.102. The standard InChI is InChI=1S/C17H20N2O2/c1-3-18-12(2)15-9-4-5-10-16(15)19-17(21)13-7-6-8-14(20)11-13/h4-12,18,20H,3H2,1-2H3,(H,19,21). The molecule has 0 aliphatic rings. The highest BCUT2D eigenvalue weighted by Crippen LogP contribution is 2.23. The van der Waals surface area contributed by atoms with Crippen molar-refractivity contribution in [1.82, 2.24) is 5.32 Å². The number of carbonyl (C=O) groups is 1. The zero-order valence-corrected chi connectivity index (χ0v) is 12.3. The molecule has 0 radical (unpaired) electrons. The van der Waals surface area contributed by atoms with Crippen molar-refractivity contribution in [2.75, 3.05) is 11.9 Å². The number of aromatic hydroxyl groups is 1. The minimum atomic E-state index is -0.234. The van der Waals surface area contributed by atoms with Gasteiger partial charge < -0.3 is 15.7 Å². The Labute approximate surface area is 124 Å². The molecule has 1 amide bonds. The summed E-state index contributed by atoms with van der Waals surface area (Å²) in [7, 11) is 0. The van der Waals surface area contributed by atoms with E-state index in [1.807, 2.05) is 31.2 Å². The quantitative estimate of drug-likeness (QED) is 0.789. The van der Waals surface area contributed by atoms with E-state index in [-0.39, 0.29) is 17.7 Å². The zero-order valence-electron chi connectivity index (χ0n) is 12.3. The number of amides is 1. The number of nitrogens with one attached hydrogen (secondary N) is 2. The molecule has 4 nitrogen and oxygen atoms in total. The first kappa shape index (κ1) is 15.1. The minimum absolute atomic E-state index is 0.0805. The maximum atomic E-state index is 12.3. The van der Waals surface area contributed by atoms with Gasteiger partial charge in [-0.1, -0.05) is 31.2 Å². The molecule has 0 bridgehead atoms. The number of benzene rings is 2. The monoisotopic (exact) mass is 284 g/mol. The van der Waals surface area contributed by atoms with Gasteiger partial charge in [-0.3, -0.25) is 4.79 Å². The summed E-state index contributed by atoms with van der Waals surface area (Å²) in [6.07, 6.45) is 0. The molecule has 0 aliphatic carbocycles. The minimum Gasteiger partial charge on any atom is -0.508 e. The first-order valence-corrected chi connectivity index (χ1v) is 7.04. The van der Waals surface area contributed by atoms with Crippen LogP contribution in [0.15, 0.2) is 48.5 Å². The Balaban J connectivity index is 2.21. The Kier molecular flexibility index (Phi) is 4.95. The van der Waals surface area contributed by atoms with Crippen LogP contribution < -0.4 is 10.6 Å². The van der Waals surface area contributed by atoms with Crippen LogP contribution in [0.25, 0.3) is 0 Å². The number of hydrogen-bond donors (Lipinski definition) is 3. The molecule has 0 aromatic heterocycles. The first-order valence-electron chi connectivity index (χ1n) is 7.04. The fraction of sp³-hybridized carbons (Fsp3) is 0.235. The fourth-order valence-corrected chi connectivity index (χ4v) is 2.25. The Morgan fingerprint density at radius 1 is 1.19 bits per heavy atom. The lowest BCUT2D eigenvalue weighted by Crippen LogP contribution is -2.20. The van der Waals surface area contributed by atoms with Crippen LogP contribution in [0.4, 0.5) is 5.69 Å². The summed E-state index contributed by atoms with van der Waals surface area (Å²) in [5, 5.41) is 15.7. The van der Waals surface area contributed by atoms with Gasteiger partial charge in [0.2, 0.25) is 0 Å². The van der Waals surface area contributed by atoms with Crippen molar-refractivity contribution in [3.8, 4) is 5.75 Å². The van der Waals surface area contributed by atoms with Crippen LogP contribution in [-0.4, -0.2) is 17.6 Å². The predicted octanol–water partition coefficient (Wildman–Crippen LogP) is 3.32. The second-order valence-corrected chi connectivity index (χ2v) is 4.87. The van der Waals surface area contributed by atoms with Gasteiger partial charge >= 0.3 is 0 Å². The van der Waals surface area contributed by atoms with E-state index in [2.05, 4.69) is 17.6 Å². The molecular formula is C17H20N2O2. The highest BCUT2D eigenvalue weighted by Gasteiger charge is 2.12. The topological polar surface area (TPSA) is 61.4 Å². The van der Waals surface area contributed by atoms with Crippen molar-refractivity contribution in [3.63, 3.8) is 0 Å². The summed E-state index contributed by atoms with van der Waals surface area (Å²) in [5.41, 5.74) is 2.24. The summed E-state index contributed by atoms with van der Waals surface area (Å²) in [5.74, 6) is -0.154. The number of hydrogen-bond acceptors (Lipinski definition) is 3. The van der Waals surface area contributed by atoms with Crippen molar-refractivity contribution in [1.29, 1.82) is 0 Å². The van der Waals surface area contributed by atoms with E-state index in [0.717, 1.165) is 17.8 Å². The second-order valence-electron chi connectivity index (χ2n) is 4.87. The average Bonchev–Trinajstić information content (AvgIpc) is 2.48. The normalized spacial score (nSPS) is 11.9. The van der Waals surface area contributed by atoms with Crippen LogP contribution >= 0.6 is 0 Å². The molecule has 4 heteroatoms. The van der Waals surface area contributed by atoms with E-state index < -0.39 is 0 Å². The van der Waals surface area contributed by atoms with Crippen molar-refractivity contribution >= 4 is 11.6 Å². The molecule has 0 heterocycles. The Morgan fingerprint density at radius 2 is 1.95 bits per heavy atom. The smallest absolute Gasteiger partial charge is 0.255 e. The molecule has 2 aromatic carbocycles. The Morgan fingerprint density at radius 3 is 2.67 bits per heavy atom. The summed E-state index contributed by atoms with van der Waals surface area (Å²) >= 11 is 0. The lowest BCUT2D eigenvalue weighted by atomic mass is 10.1. The van der Waals surface area contributed by atoms with E-state index >= 15 is 0 Å². The van der Waals surface area contributed by atoms with Gasteiger partial charge in [0.15, 0.2) is 0 Å². The van der Waals surface area contributed by atoms with Crippen LogP contribution in [-0.2, 0) is 0 Å². The molecule has 0 saturated carbocycles. The van der Waals surface area contributed by atoms with Gasteiger partial charge in [-0.2, -0.15) is 0 Å². The van der Waals surface area contributed by atoms with Crippen molar-refractivity contribution in [2.24, 2.45) is 0 Å². The Hall–Kier alpha value is -2.33. The number of anilines is 1. The molecule has 0 spiro atoms. The predicted molar refractivity (Wildman–Crippen MR) is 84.6 cm³/mol. The third kappa shape index (κ3) is 3.83. The van der Waals surface area contributed by atoms with Gasteiger partial charge in [0.05, 0.1) is 0 Å². The molecule has 1 atom stereocenters. The number of phenolic OH excluding ortho intramolecular Hbond substituents is 1. The molecule has 0 aliphatic heterocycles. The number of phenols is 1. The van der Waals surface area contributed by atoms with Crippen LogP contribution in [0.1, 0.15) is 35.8 Å². The third-order valence-electron chi connectivity index (χ3n) is 3.29. The van der Waals surface area contributed by atoms with Gasteiger partial charge in [0.1, 0.15) is 5.75 Å². The van der Waals surface area contributed by atoms with Crippen LogP contribution in [0.5, 0.6) is 5.75 Å². The molecular weight excluding hydrogens is 264 g/mol. The van der Waals surface area contributed by atoms with Crippen LogP contribution in [0.3, 0.4) is 0 Å². The average molecular weight is 284 g/mol. The van der Waals surface area contributed by atoms with Crippen molar-refractivity contribution in [3.05, 3.63) is 59.7 Å². The van der Waals surface area contributed by atoms with Gasteiger partial charge in [0.25, 0.3) is 5.91 Å². The molecule has 0 saturated heterocycles. The highest BCUT2D eigenvalue weighted by molar-refractivity contribution is 6.04. The molecule has 21 heavy (non-hydrogen) atoms. The molecule has 2 rings (SSSR count). The first-order chi connectivity index (χ1) is 10.1. The van der Waals surface area contributed by atoms with Crippen LogP contribution in [0, 0.1) is 0 Å². The molecule has 0 fully saturated rings. The number of rotatable bonds is 5. The van der Waals surface area contributed by atoms with E-state index in [4.69, 9.17) is 0 Å². The summed E-state index contributed by atoms with van der Waals surface area (Å²) < 4.78 is 0. The van der Waals surface area contributed by atoms with Crippen LogP contribution in [0.2, 0.25) is 0 Å². The highest BCUT2D eigenvalue weighted by atomic mass is 16.3. The van der Waals surface area contributed by atoms with E-state index in [1.54, 1.807) is 12.1 Å². The molecule has 2 aromatic rings. The number of carbonyl (C=O) groups excluding carboxylic acids is 1. The van der Waals surface area contributed by atoms with Crippen molar-refractivity contribution in [2.45, 2.75) is 19.9 Å². The van der Waals surface area contributed by atoms with Gasteiger partial charge in [-0.05, 0) is 43.3 Å². The second kappa shape index (κ2) is 6.90. The summed E-state index contributed by atoms with van der Waals surface area (Å²) in [4.78, 5) is 12.3. The van der Waals surface area contributed by atoms with Gasteiger partial charge in [0, 0.05) is 17.3 Å². The molecule has 3 N–H and O–H groups in total. The third-order valence-corrected chi connectivity index (χ3v) is 3.29. The summed E-state index contributed by atoms with van der Waals surface area (Å²) in [6.45, 7) is 4.96. The molecule has 110 valence electrons. The maximum absolute atomic E-state index is 12.3. The maximum Gasteiger partial charge on any atom is 0.255 e. The summed E-state index contributed by atoms with van der Waals surface area (Å²) in [6, 6.07) is 14.2. The Bertz CT molecular complexity index is 626. The zero-order chi connectivity index (χ0) is 15.2. The van der Waals surface area contributed by atoms with Crippen molar-refractivity contribution < 1.29 is 9.90 Å². The molecule has 1 unspecified atom stereocenters. The van der Waals surface area contributed by atoms with Gasteiger partial charge in [-0.15, -0.1) is 0 Å². The number of para-hydroxylation sites is 1. The van der Waals surface area contributed by atoms with E-state index in [1.165, 1.54) is 12.1 Å². The largest absolute Gasteiger partial charge is 0.508 e. The fourth-order valence-electron chi connectivity index (χ4n) is 2.25. The van der Waals surface area contributed by atoms with E-state index in [0.29, 0.717) is 5.56 Å².